The van der Waals surface area contributed by atoms with Gasteiger partial charge in [0.05, 0.1) is 11.8 Å². The van der Waals surface area contributed by atoms with E-state index >= 15 is 0 Å². The Morgan fingerprint density at radius 1 is 1.29 bits per heavy atom. The summed E-state index contributed by atoms with van der Waals surface area (Å²) in [6.07, 6.45) is 2.22. The Morgan fingerprint density at radius 3 is 2.62 bits per heavy atom. The van der Waals surface area contributed by atoms with Crippen molar-refractivity contribution in [1.29, 1.82) is 0 Å². The van der Waals surface area contributed by atoms with Crippen molar-refractivity contribution in [2.24, 2.45) is 23.3 Å². The molecule has 1 aliphatic rings. The Morgan fingerprint density at radius 2 is 2.00 bits per heavy atom. The number of benzene rings is 1. The van der Waals surface area contributed by atoms with E-state index in [9.17, 15) is 9.59 Å². The number of carbonyl (C=O) groups excluding carboxylic acids is 2. The van der Waals surface area contributed by atoms with E-state index in [4.69, 9.17) is 11.5 Å². The van der Waals surface area contributed by atoms with Crippen LogP contribution >= 0.6 is 0 Å². The van der Waals surface area contributed by atoms with E-state index in [0.29, 0.717) is 26.1 Å². The minimum absolute atomic E-state index is 0.0345. The molecule has 1 saturated heterocycles. The predicted molar refractivity (Wildman–Crippen MR) is 81.2 cm³/mol. The van der Waals surface area contributed by atoms with Crippen molar-refractivity contribution in [3.8, 4) is 0 Å². The molecule has 4 N–H and O–H groups in total. The average molecular weight is 289 g/mol. The SMILES string of the molecule is NCC(Cc1ccccc1)C(=O)N1CCCC(C(N)=O)C1. The average Bonchev–Trinajstić information content (AvgIpc) is 2.53. The van der Waals surface area contributed by atoms with E-state index < -0.39 is 0 Å². The Bertz CT molecular complexity index is 490. The highest BCUT2D eigenvalue weighted by Gasteiger charge is 2.30. The molecule has 0 spiro atoms. The van der Waals surface area contributed by atoms with Crippen LogP contribution in [0.2, 0.25) is 0 Å². The van der Waals surface area contributed by atoms with Gasteiger partial charge in [-0.05, 0) is 24.8 Å². The fourth-order valence-corrected chi connectivity index (χ4v) is 2.84. The van der Waals surface area contributed by atoms with Gasteiger partial charge in [-0.1, -0.05) is 30.3 Å². The molecule has 0 aromatic heterocycles. The monoisotopic (exact) mass is 289 g/mol. The Kier molecular flexibility index (Phi) is 5.33. The lowest BCUT2D eigenvalue weighted by atomic mass is 9.93. The first-order valence-corrected chi connectivity index (χ1v) is 7.44. The van der Waals surface area contributed by atoms with Crippen LogP contribution in [0.4, 0.5) is 0 Å². The molecule has 0 aliphatic carbocycles. The van der Waals surface area contributed by atoms with Crippen LogP contribution in [0.25, 0.3) is 0 Å². The molecule has 2 atom stereocenters. The molecule has 2 unspecified atom stereocenters. The molecule has 5 nitrogen and oxygen atoms in total. The van der Waals surface area contributed by atoms with Gasteiger partial charge in [0, 0.05) is 19.6 Å². The zero-order valence-corrected chi connectivity index (χ0v) is 12.2. The maximum atomic E-state index is 12.6. The first-order chi connectivity index (χ1) is 10.1. The topological polar surface area (TPSA) is 89.4 Å². The van der Waals surface area contributed by atoms with Crippen molar-refractivity contribution in [3.05, 3.63) is 35.9 Å². The molecule has 1 aromatic rings. The lowest BCUT2D eigenvalue weighted by Crippen LogP contribution is -2.47. The quantitative estimate of drug-likeness (QED) is 0.828. The normalized spacial score (nSPS) is 20.0. The van der Waals surface area contributed by atoms with Crippen molar-refractivity contribution in [3.63, 3.8) is 0 Å². The maximum Gasteiger partial charge on any atom is 0.227 e. The van der Waals surface area contributed by atoms with E-state index in [0.717, 1.165) is 18.4 Å². The Labute approximate surface area is 125 Å². The number of piperidine rings is 1. The molecular weight excluding hydrogens is 266 g/mol. The lowest BCUT2D eigenvalue weighted by Gasteiger charge is -2.33. The number of primary amides is 1. The highest BCUT2D eigenvalue weighted by Crippen LogP contribution is 2.19. The van der Waals surface area contributed by atoms with Crippen LogP contribution < -0.4 is 11.5 Å². The van der Waals surface area contributed by atoms with Gasteiger partial charge in [-0.15, -0.1) is 0 Å². The molecule has 2 amide bonds. The standard InChI is InChI=1S/C16H23N3O2/c17-10-14(9-12-5-2-1-3-6-12)16(21)19-8-4-7-13(11-19)15(18)20/h1-3,5-6,13-14H,4,7-11,17H2,(H2,18,20). The summed E-state index contributed by atoms with van der Waals surface area (Å²) in [5.41, 5.74) is 12.2. The second kappa shape index (κ2) is 7.22. The van der Waals surface area contributed by atoms with E-state index in [1.165, 1.54) is 0 Å². The minimum Gasteiger partial charge on any atom is -0.369 e. The zero-order valence-electron chi connectivity index (χ0n) is 12.2. The number of hydrogen-bond donors (Lipinski definition) is 2. The smallest absolute Gasteiger partial charge is 0.227 e. The highest BCUT2D eigenvalue weighted by molar-refractivity contribution is 5.82. The molecule has 1 aliphatic heterocycles. The summed E-state index contributed by atoms with van der Waals surface area (Å²) in [5.74, 6) is -0.746. The zero-order chi connectivity index (χ0) is 15.2. The predicted octanol–water partition coefficient (Wildman–Crippen LogP) is 0.528. The van der Waals surface area contributed by atoms with Gasteiger partial charge in [0.2, 0.25) is 11.8 Å². The van der Waals surface area contributed by atoms with E-state index in [1.54, 1.807) is 4.90 Å². The van der Waals surface area contributed by atoms with E-state index in [2.05, 4.69) is 0 Å². The summed E-state index contributed by atoms with van der Waals surface area (Å²) < 4.78 is 0. The fraction of sp³-hybridized carbons (Fsp3) is 0.500. The van der Waals surface area contributed by atoms with Gasteiger partial charge in [0.25, 0.3) is 0 Å². The van der Waals surface area contributed by atoms with Crippen LogP contribution in [-0.2, 0) is 16.0 Å². The van der Waals surface area contributed by atoms with Gasteiger partial charge in [-0.3, -0.25) is 9.59 Å². The Hall–Kier alpha value is -1.88. The number of nitrogens with two attached hydrogens (primary N) is 2. The summed E-state index contributed by atoms with van der Waals surface area (Å²) in [7, 11) is 0. The number of rotatable bonds is 5. The van der Waals surface area contributed by atoms with Crippen molar-refractivity contribution in [1.82, 2.24) is 4.90 Å². The number of hydrogen-bond acceptors (Lipinski definition) is 3. The van der Waals surface area contributed by atoms with Crippen LogP contribution in [0, 0.1) is 11.8 Å². The van der Waals surface area contributed by atoms with Crippen LogP contribution in [0.5, 0.6) is 0 Å². The maximum absolute atomic E-state index is 12.6. The van der Waals surface area contributed by atoms with E-state index in [-0.39, 0.29) is 23.7 Å². The van der Waals surface area contributed by atoms with Gasteiger partial charge in [-0.2, -0.15) is 0 Å². The van der Waals surface area contributed by atoms with Crippen LogP contribution in [0.1, 0.15) is 18.4 Å². The number of carbonyl (C=O) groups is 2. The largest absolute Gasteiger partial charge is 0.369 e. The molecule has 0 bridgehead atoms. The van der Waals surface area contributed by atoms with Gasteiger partial charge in [0.1, 0.15) is 0 Å². The molecular formula is C16H23N3O2. The molecule has 1 heterocycles. The lowest BCUT2D eigenvalue weighted by molar-refractivity contribution is -0.138. The van der Waals surface area contributed by atoms with Crippen molar-refractivity contribution >= 4 is 11.8 Å². The molecule has 1 fully saturated rings. The molecule has 5 heteroatoms. The molecule has 0 radical (unpaired) electrons. The highest BCUT2D eigenvalue weighted by atomic mass is 16.2. The van der Waals surface area contributed by atoms with Crippen molar-refractivity contribution in [2.45, 2.75) is 19.3 Å². The Balaban J connectivity index is 2.00. The molecule has 0 saturated carbocycles. The third-order valence-electron chi connectivity index (χ3n) is 4.09. The first-order valence-electron chi connectivity index (χ1n) is 7.44. The van der Waals surface area contributed by atoms with Crippen molar-refractivity contribution in [2.75, 3.05) is 19.6 Å². The second-order valence-electron chi connectivity index (χ2n) is 5.65. The minimum atomic E-state index is -0.320. The van der Waals surface area contributed by atoms with Gasteiger partial charge in [-0.25, -0.2) is 0 Å². The third kappa shape index (κ3) is 4.04. The van der Waals surface area contributed by atoms with Gasteiger partial charge >= 0.3 is 0 Å². The van der Waals surface area contributed by atoms with Gasteiger partial charge < -0.3 is 16.4 Å². The summed E-state index contributed by atoms with van der Waals surface area (Å²) in [6, 6.07) is 9.86. The molecule has 2 rings (SSSR count). The van der Waals surface area contributed by atoms with Crippen LogP contribution in [-0.4, -0.2) is 36.3 Å². The summed E-state index contributed by atoms with van der Waals surface area (Å²) in [4.78, 5) is 25.7. The molecule has 21 heavy (non-hydrogen) atoms. The van der Waals surface area contributed by atoms with Crippen LogP contribution in [0.15, 0.2) is 30.3 Å². The number of nitrogens with zero attached hydrogens (tertiary/aromatic N) is 1. The fourth-order valence-electron chi connectivity index (χ4n) is 2.84. The number of amides is 2. The summed E-state index contributed by atoms with van der Waals surface area (Å²) in [6.45, 7) is 1.43. The molecule has 114 valence electrons. The third-order valence-corrected chi connectivity index (χ3v) is 4.09. The number of likely N-dealkylation sites (tertiary alicyclic amines) is 1. The molecule has 1 aromatic carbocycles. The van der Waals surface area contributed by atoms with Gasteiger partial charge in [0.15, 0.2) is 0 Å². The van der Waals surface area contributed by atoms with Crippen molar-refractivity contribution < 1.29 is 9.59 Å². The van der Waals surface area contributed by atoms with E-state index in [1.807, 2.05) is 30.3 Å². The second-order valence-corrected chi connectivity index (χ2v) is 5.65. The van der Waals surface area contributed by atoms with Crippen LogP contribution in [0.3, 0.4) is 0 Å². The summed E-state index contributed by atoms with van der Waals surface area (Å²) in [5, 5.41) is 0. The first kappa shape index (κ1) is 15.5. The summed E-state index contributed by atoms with van der Waals surface area (Å²) >= 11 is 0.